The molecule has 0 atom stereocenters. The average molecular weight is 347 g/mol. The van der Waals surface area contributed by atoms with Crippen LogP contribution in [0.4, 0.5) is 0 Å². The van der Waals surface area contributed by atoms with Gasteiger partial charge in [-0.3, -0.25) is 4.79 Å². The monoisotopic (exact) mass is 347 g/mol. The molecule has 3 rings (SSSR count). The third kappa shape index (κ3) is 4.66. The van der Waals surface area contributed by atoms with Crippen LogP contribution in [0.5, 0.6) is 11.5 Å². The van der Waals surface area contributed by atoms with E-state index in [4.69, 9.17) is 9.47 Å². The van der Waals surface area contributed by atoms with E-state index in [1.54, 1.807) is 14.2 Å². The van der Waals surface area contributed by atoms with E-state index in [0.717, 1.165) is 56.8 Å². The number of carbonyl (C=O) groups is 1. The quantitative estimate of drug-likeness (QED) is 0.821. The number of benzene rings is 1. The van der Waals surface area contributed by atoms with Crippen molar-refractivity contribution in [2.24, 2.45) is 5.92 Å². The summed E-state index contributed by atoms with van der Waals surface area (Å²) in [5.41, 5.74) is 1.25. The fourth-order valence-electron chi connectivity index (χ4n) is 4.13. The van der Waals surface area contributed by atoms with Crippen LogP contribution in [0.3, 0.4) is 0 Å². The molecule has 138 valence electrons. The molecule has 1 saturated heterocycles. The van der Waals surface area contributed by atoms with Gasteiger partial charge in [0.2, 0.25) is 5.91 Å². The molecule has 2 fully saturated rings. The molecule has 5 nitrogen and oxygen atoms in total. The van der Waals surface area contributed by atoms with Crippen molar-refractivity contribution < 1.29 is 19.2 Å². The zero-order chi connectivity index (χ0) is 17.6. The number of hydrogen-bond donors (Lipinski definition) is 2. The van der Waals surface area contributed by atoms with E-state index in [0.29, 0.717) is 6.04 Å². The summed E-state index contributed by atoms with van der Waals surface area (Å²) >= 11 is 0. The van der Waals surface area contributed by atoms with Crippen molar-refractivity contribution in [1.29, 1.82) is 0 Å². The minimum absolute atomic E-state index is 0.203. The van der Waals surface area contributed by atoms with Gasteiger partial charge in [-0.1, -0.05) is 12.8 Å². The number of amides is 1. The summed E-state index contributed by atoms with van der Waals surface area (Å²) < 4.78 is 10.7. The van der Waals surface area contributed by atoms with Crippen molar-refractivity contribution in [1.82, 2.24) is 5.32 Å². The molecule has 0 bridgehead atoms. The van der Waals surface area contributed by atoms with Crippen LogP contribution in [0, 0.1) is 5.92 Å². The van der Waals surface area contributed by atoms with Crippen LogP contribution >= 0.6 is 0 Å². The molecule has 0 radical (unpaired) electrons. The normalized spacial score (nSPS) is 24.1. The number of likely N-dealkylation sites (tertiary alicyclic amines) is 1. The summed E-state index contributed by atoms with van der Waals surface area (Å²) in [5.74, 6) is 2.04. The highest BCUT2D eigenvalue weighted by atomic mass is 16.5. The zero-order valence-corrected chi connectivity index (χ0v) is 15.5. The second-order valence-electron chi connectivity index (χ2n) is 7.38. The summed E-state index contributed by atoms with van der Waals surface area (Å²) in [4.78, 5) is 14.0. The first-order valence-electron chi connectivity index (χ1n) is 9.54. The van der Waals surface area contributed by atoms with Crippen molar-refractivity contribution in [3.05, 3.63) is 23.8 Å². The van der Waals surface area contributed by atoms with Crippen molar-refractivity contribution in [2.75, 3.05) is 27.3 Å². The van der Waals surface area contributed by atoms with Gasteiger partial charge in [0.15, 0.2) is 11.5 Å². The Morgan fingerprint density at radius 3 is 2.40 bits per heavy atom. The largest absolute Gasteiger partial charge is 0.493 e. The Hall–Kier alpha value is -1.75. The number of hydrogen-bond acceptors (Lipinski definition) is 3. The third-order valence-corrected chi connectivity index (χ3v) is 5.67. The molecule has 5 heteroatoms. The van der Waals surface area contributed by atoms with E-state index in [-0.39, 0.29) is 11.8 Å². The van der Waals surface area contributed by atoms with Crippen LogP contribution in [0.2, 0.25) is 0 Å². The summed E-state index contributed by atoms with van der Waals surface area (Å²) in [6.45, 7) is 3.07. The van der Waals surface area contributed by atoms with E-state index in [9.17, 15) is 4.79 Å². The second-order valence-corrected chi connectivity index (χ2v) is 7.38. The molecule has 1 aromatic carbocycles. The molecule has 1 aromatic rings. The maximum Gasteiger partial charge on any atom is 0.223 e. The highest BCUT2D eigenvalue weighted by molar-refractivity contribution is 5.79. The van der Waals surface area contributed by atoms with Gasteiger partial charge in [0.25, 0.3) is 0 Å². The Morgan fingerprint density at radius 2 is 1.76 bits per heavy atom. The van der Waals surface area contributed by atoms with Gasteiger partial charge in [0.1, 0.15) is 6.54 Å². The van der Waals surface area contributed by atoms with Gasteiger partial charge in [-0.05, 0) is 31.0 Å². The molecule has 0 aromatic heterocycles. The van der Waals surface area contributed by atoms with Crippen LogP contribution < -0.4 is 19.7 Å². The molecule has 0 unspecified atom stereocenters. The lowest BCUT2D eigenvalue weighted by Gasteiger charge is -2.29. The lowest BCUT2D eigenvalue weighted by molar-refractivity contribution is -0.919. The van der Waals surface area contributed by atoms with Crippen LogP contribution in [0.1, 0.15) is 44.1 Å². The SMILES string of the molecule is COc1ccc(C[NH+]2CCC(C(=O)NC3CCCC3)CC2)cc1OC. The number of piperidine rings is 1. The maximum atomic E-state index is 12.4. The third-order valence-electron chi connectivity index (χ3n) is 5.67. The standard InChI is InChI=1S/C20H30N2O3/c1-24-18-8-7-15(13-19(18)25-2)14-22-11-9-16(10-12-22)20(23)21-17-5-3-4-6-17/h7-8,13,16-17H,3-6,9-12,14H2,1-2H3,(H,21,23)/p+1. The number of nitrogens with one attached hydrogen (secondary N) is 2. The van der Waals surface area contributed by atoms with Gasteiger partial charge in [0.05, 0.1) is 27.3 Å². The Labute approximate surface area is 150 Å². The molecular weight excluding hydrogens is 316 g/mol. The number of carbonyl (C=O) groups excluding carboxylic acids is 1. The fraction of sp³-hybridized carbons (Fsp3) is 0.650. The first-order chi connectivity index (χ1) is 12.2. The van der Waals surface area contributed by atoms with Crippen molar-refractivity contribution in [3.8, 4) is 11.5 Å². The molecule has 1 amide bonds. The molecule has 25 heavy (non-hydrogen) atoms. The van der Waals surface area contributed by atoms with Gasteiger partial charge >= 0.3 is 0 Å². The van der Waals surface area contributed by atoms with E-state index >= 15 is 0 Å². The van der Waals surface area contributed by atoms with Crippen molar-refractivity contribution >= 4 is 5.91 Å². The number of ether oxygens (including phenoxy) is 2. The molecule has 1 aliphatic heterocycles. The minimum Gasteiger partial charge on any atom is -0.493 e. The molecule has 1 saturated carbocycles. The highest BCUT2D eigenvalue weighted by Crippen LogP contribution is 2.27. The second kappa shape index (κ2) is 8.56. The molecule has 1 heterocycles. The smallest absolute Gasteiger partial charge is 0.223 e. The average Bonchev–Trinajstić information content (AvgIpc) is 3.15. The van der Waals surface area contributed by atoms with Crippen LogP contribution in [0.15, 0.2) is 18.2 Å². The summed E-state index contributed by atoms with van der Waals surface area (Å²) in [7, 11) is 3.33. The first kappa shape index (κ1) is 18.1. The molecular formula is C20H31N2O3+. The minimum atomic E-state index is 0.203. The predicted molar refractivity (Wildman–Crippen MR) is 97.1 cm³/mol. The van der Waals surface area contributed by atoms with E-state index in [1.807, 2.05) is 6.07 Å². The van der Waals surface area contributed by atoms with Crippen LogP contribution in [0.25, 0.3) is 0 Å². The molecule has 2 N–H and O–H groups in total. The van der Waals surface area contributed by atoms with Crippen molar-refractivity contribution in [2.45, 2.75) is 51.1 Å². The Kier molecular flexibility index (Phi) is 6.19. The Morgan fingerprint density at radius 1 is 1.08 bits per heavy atom. The predicted octanol–water partition coefficient (Wildman–Crippen LogP) is 1.56. The Bertz CT molecular complexity index is 576. The Balaban J connectivity index is 1.48. The molecule has 0 spiro atoms. The van der Waals surface area contributed by atoms with E-state index in [2.05, 4.69) is 17.4 Å². The van der Waals surface area contributed by atoms with Crippen molar-refractivity contribution in [3.63, 3.8) is 0 Å². The number of quaternary nitrogens is 1. The van der Waals surface area contributed by atoms with Gasteiger partial charge in [-0.25, -0.2) is 0 Å². The topological polar surface area (TPSA) is 52.0 Å². The number of methoxy groups -OCH3 is 2. The fourth-order valence-corrected chi connectivity index (χ4v) is 4.13. The lowest BCUT2D eigenvalue weighted by atomic mass is 9.95. The van der Waals surface area contributed by atoms with Gasteiger partial charge < -0.3 is 19.7 Å². The molecule has 2 aliphatic rings. The lowest BCUT2D eigenvalue weighted by Crippen LogP contribution is -3.11. The van der Waals surface area contributed by atoms with Crippen LogP contribution in [-0.2, 0) is 11.3 Å². The van der Waals surface area contributed by atoms with E-state index in [1.165, 1.54) is 23.3 Å². The molecule has 1 aliphatic carbocycles. The summed E-state index contributed by atoms with van der Waals surface area (Å²) in [5, 5.41) is 3.26. The van der Waals surface area contributed by atoms with Crippen LogP contribution in [-0.4, -0.2) is 39.3 Å². The summed E-state index contributed by atoms with van der Waals surface area (Å²) in [6.07, 6.45) is 6.82. The zero-order valence-electron chi connectivity index (χ0n) is 15.5. The maximum absolute atomic E-state index is 12.4. The highest BCUT2D eigenvalue weighted by Gasteiger charge is 2.29. The van der Waals surface area contributed by atoms with Gasteiger partial charge in [0, 0.05) is 30.4 Å². The van der Waals surface area contributed by atoms with Gasteiger partial charge in [-0.2, -0.15) is 0 Å². The first-order valence-corrected chi connectivity index (χ1v) is 9.54. The van der Waals surface area contributed by atoms with Gasteiger partial charge in [-0.15, -0.1) is 0 Å². The number of rotatable bonds is 6. The van der Waals surface area contributed by atoms with E-state index < -0.39 is 0 Å². The summed E-state index contributed by atoms with van der Waals surface area (Å²) in [6, 6.07) is 6.57.